The molecule has 0 heterocycles. The number of hydrogen-bond acceptors (Lipinski definition) is 3. The monoisotopic (exact) mass is 394 g/mol. The molecule has 0 aliphatic rings. The zero-order valence-corrected chi connectivity index (χ0v) is 18.2. The normalized spacial score (nSPS) is 12.0. The van der Waals surface area contributed by atoms with E-state index in [4.69, 9.17) is 0 Å². The second-order valence-electron chi connectivity index (χ2n) is 7.65. The van der Waals surface area contributed by atoms with Crippen LogP contribution in [0.2, 0.25) is 0 Å². The van der Waals surface area contributed by atoms with Gasteiger partial charge in [0.2, 0.25) is 5.91 Å². The summed E-state index contributed by atoms with van der Waals surface area (Å²) in [5.74, 6) is -0.144. The standard InChI is InChI=1S/C25H34N2O2/c1-5-7-16-27(17-8-6-2)20(4)25(29)26-23-15-14-19(3)18-22(23)24(28)21-12-10-9-11-13-21/h9-15,18,20H,5-8,16-17H2,1-4H3,(H,26,29). The van der Waals surface area contributed by atoms with E-state index in [1.165, 1.54) is 0 Å². The zero-order chi connectivity index (χ0) is 21.2. The van der Waals surface area contributed by atoms with Crippen LogP contribution in [0.25, 0.3) is 0 Å². The summed E-state index contributed by atoms with van der Waals surface area (Å²) in [5, 5.41) is 3.02. The molecule has 0 aromatic heterocycles. The Balaban J connectivity index is 2.21. The van der Waals surface area contributed by atoms with E-state index in [9.17, 15) is 9.59 Å². The Bertz CT molecular complexity index is 794. The maximum atomic E-state index is 13.0. The molecule has 0 aliphatic carbocycles. The van der Waals surface area contributed by atoms with E-state index in [1.807, 2.05) is 50.2 Å². The molecule has 29 heavy (non-hydrogen) atoms. The van der Waals surface area contributed by atoms with Crippen LogP contribution in [-0.2, 0) is 4.79 Å². The number of rotatable bonds is 11. The molecule has 0 bridgehead atoms. The molecule has 0 aliphatic heterocycles. The van der Waals surface area contributed by atoms with Crippen molar-refractivity contribution in [2.24, 2.45) is 0 Å². The van der Waals surface area contributed by atoms with Crippen LogP contribution in [-0.4, -0.2) is 35.7 Å². The van der Waals surface area contributed by atoms with E-state index >= 15 is 0 Å². The van der Waals surface area contributed by atoms with Crippen molar-refractivity contribution in [3.05, 3.63) is 65.2 Å². The third-order valence-corrected chi connectivity index (χ3v) is 5.24. The van der Waals surface area contributed by atoms with E-state index < -0.39 is 0 Å². The topological polar surface area (TPSA) is 49.4 Å². The fraction of sp³-hybridized carbons (Fsp3) is 0.440. The fourth-order valence-electron chi connectivity index (χ4n) is 3.32. The van der Waals surface area contributed by atoms with Gasteiger partial charge >= 0.3 is 0 Å². The Morgan fingerprint density at radius 2 is 1.59 bits per heavy atom. The van der Waals surface area contributed by atoms with E-state index in [-0.39, 0.29) is 17.7 Å². The van der Waals surface area contributed by atoms with Gasteiger partial charge in [0.05, 0.1) is 11.7 Å². The third-order valence-electron chi connectivity index (χ3n) is 5.24. The van der Waals surface area contributed by atoms with Crippen LogP contribution in [0, 0.1) is 6.92 Å². The van der Waals surface area contributed by atoms with Gasteiger partial charge < -0.3 is 5.32 Å². The van der Waals surface area contributed by atoms with Gasteiger partial charge in [0.15, 0.2) is 5.78 Å². The Kier molecular flexibility index (Phi) is 9.07. The van der Waals surface area contributed by atoms with Crippen molar-refractivity contribution in [2.45, 2.75) is 59.4 Å². The lowest BCUT2D eigenvalue weighted by Gasteiger charge is -2.28. The molecule has 2 aromatic carbocycles. The van der Waals surface area contributed by atoms with Gasteiger partial charge in [-0.05, 0) is 51.9 Å². The number of unbranched alkanes of at least 4 members (excludes halogenated alkanes) is 2. The van der Waals surface area contributed by atoms with Crippen LogP contribution in [0.5, 0.6) is 0 Å². The van der Waals surface area contributed by atoms with E-state index in [2.05, 4.69) is 24.1 Å². The number of amides is 1. The van der Waals surface area contributed by atoms with Crippen LogP contribution in [0.1, 0.15) is 67.9 Å². The second kappa shape index (κ2) is 11.5. The van der Waals surface area contributed by atoms with Crippen molar-refractivity contribution in [1.29, 1.82) is 0 Å². The molecule has 156 valence electrons. The number of carbonyl (C=O) groups excluding carboxylic acids is 2. The first-order valence-corrected chi connectivity index (χ1v) is 10.7. The predicted molar refractivity (Wildman–Crippen MR) is 121 cm³/mol. The molecule has 2 aromatic rings. The SMILES string of the molecule is CCCCN(CCCC)C(C)C(=O)Nc1ccc(C)cc1C(=O)c1ccccc1. The summed E-state index contributed by atoms with van der Waals surface area (Å²) in [5.41, 5.74) is 2.72. The minimum Gasteiger partial charge on any atom is -0.324 e. The molecule has 0 radical (unpaired) electrons. The quantitative estimate of drug-likeness (QED) is 0.515. The first-order chi connectivity index (χ1) is 14.0. The first-order valence-electron chi connectivity index (χ1n) is 10.7. The molecule has 4 heteroatoms. The molecule has 0 saturated heterocycles. The van der Waals surface area contributed by atoms with Crippen molar-refractivity contribution in [3.8, 4) is 0 Å². The van der Waals surface area contributed by atoms with Gasteiger partial charge in [0.1, 0.15) is 0 Å². The van der Waals surface area contributed by atoms with Crippen molar-refractivity contribution in [2.75, 3.05) is 18.4 Å². The van der Waals surface area contributed by atoms with E-state index in [1.54, 1.807) is 12.1 Å². The number of carbonyl (C=O) groups is 2. The van der Waals surface area contributed by atoms with E-state index in [0.29, 0.717) is 16.8 Å². The summed E-state index contributed by atoms with van der Waals surface area (Å²) in [6.07, 6.45) is 4.35. The van der Waals surface area contributed by atoms with Crippen LogP contribution in [0.15, 0.2) is 48.5 Å². The van der Waals surface area contributed by atoms with Crippen molar-refractivity contribution < 1.29 is 9.59 Å². The summed E-state index contributed by atoms with van der Waals surface area (Å²) >= 11 is 0. The summed E-state index contributed by atoms with van der Waals surface area (Å²) < 4.78 is 0. The van der Waals surface area contributed by atoms with Gasteiger partial charge in [-0.15, -0.1) is 0 Å². The predicted octanol–water partition coefficient (Wildman–Crippen LogP) is 5.46. The number of ketones is 1. The van der Waals surface area contributed by atoms with Crippen LogP contribution in [0.4, 0.5) is 5.69 Å². The summed E-state index contributed by atoms with van der Waals surface area (Å²) in [6, 6.07) is 14.6. The highest BCUT2D eigenvalue weighted by Gasteiger charge is 2.22. The van der Waals surface area contributed by atoms with Crippen LogP contribution in [0.3, 0.4) is 0 Å². The molecular formula is C25H34N2O2. The second-order valence-corrected chi connectivity index (χ2v) is 7.65. The Labute approximate surface area is 175 Å². The van der Waals surface area contributed by atoms with Gasteiger partial charge in [-0.25, -0.2) is 0 Å². The zero-order valence-electron chi connectivity index (χ0n) is 18.2. The molecular weight excluding hydrogens is 360 g/mol. The maximum absolute atomic E-state index is 13.0. The van der Waals surface area contributed by atoms with Gasteiger partial charge in [-0.3, -0.25) is 14.5 Å². The average molecular weight is 395 g/mol. The Morgan fingerprint density at radius 3 is 2.17 bits per heavy atom. The molecule has 1 atom stereocenters. The summed E-state index contributed by atoms with van der Waals surface area (Å²) in [6.45, 7) is 10.1. The van der Waals surface area contributed by atoms with Crippen LogP contribution >= 0.6 is 0 Å². The fourth-order valence-corrected chi connectivity index (χ4v) is 3.32. The van der Waals surface area contributed by atoms with Gasteiger partial charge in [-0.2, -0.15) is 0 Å². The molecule has 0 fully saturated rings. The molecule has 0 spiro atoms. The average Bonchev–Trinajstić information content (AvgIpc) is 2.74. The number of benzene rings is 2. The lowest BCUT2D eigenvalue weighted by molar-refractivity contribution is -0.120. The highest BCUT2D eigenvalue weighted by molar-refractivity contribution is 6.14. The molecule has 2 rings (SSSR count). The summed E-state index contributed by atoms with van der Waals surface area (Å²) in [4.78, 5) is 28.3. The maximum Gasteiger partial charge on any atom is 0.241 e. The number of aryl methyl sites for hydroxylation is 1. The summed E-state index contributed by atoms with van der Waals surface area (Å²) in [7, 11) is 0. The highest BCUT2D eigenvalue weighted by Crippen LogP contribution is 2.22. The molecule has 4 nitrogen and oxygen atoms in total. The Hall–Kier alpha value is -2.46. The first kappa shape index (κ1) is 22.8. The molecule has 1 unspecified atom stereocenters. The number of nitrogens with zero attached hydrogens (tertiary/aromatic N) is 1. The molecule has 1 amide bonds. The van der Waals surface area contributed by atoms with Crippen molar-refractivity contribution >= 4 is 17.4 Å². The Morgan fingerprint density at radius 1 is 0.966 bits per heavy atom. The molecule has 0 saturated carbocycles. The van der Waals surface area contributed by atoms with Gasteiger partial charge in [0.25, 0.3) is 0 Å². The lowest BCUT2D eigenvalue weighted by Crippen LogP contribution is -2.43. The van der Waals surface area contributed by atoms with Crippen molar-refractivity contribution in [3.63, 3.8) is 0 Å². The van der Waals surface area contributed by atoms with E-state index in [0.717, 1.165) is 44.3 Å². The lowest BCUT2D eigenvalue weighted by atomic mass is 9.99. The number of nitrogens with one attached hydrogen (secondary N) is 1. The smallest absolute Gasteiger partial charge is 0.241 e. The number of hydrogen-bond donors (Lipinski definition) is 1. The minimum atomic E-state index is -0.242. The van der Waals surface area contributed by atoms with Crippen LogP contribution < -0.4 is 5.32 Å². The largest absolute Gasteiger partial charge is 0.324 e. The molecule has 1 N–H and O–H groups in total. The highest BCUT2D eigenvalue weighted by atomic mass is 16.2. The van der Waals surface area contributed by atoms with Crippen molar-refractivity contribution in [1.82, 2.24) is 4.90 Å². The minimum absolute atomic E-state index is 0.0665. The third kappa shape index (κ3) is 6.53. The number of anilines is 1. The van der Waals surface area contributed by atoms with Gasteiger partial charge in [0, 0.05) is 11.1 Å². The van der Waals surface area contributed by atoms with Gasteiger partial charge in [-0.1, -0.05) is 68.7 Å².